The van der Waals surface area contributed by atoms with Gasteiger partial charge in [-0.25, -0.2) is 0 Å². The van der Waals surface area contributed by atoms with E-state index in [4.69, 9.17) is 0 Å². The summed E-state index contributed by atoms with van der Waals surface area (Å²) in [4.78, 5) is 14.4. The highest BCUT2D eigenvalue weighted by atomic mass is 16.1. The molecule has 0 atom stereocenters. The molecule has 0 fully saturated rings. The van der Waals surface area contributed by atoms with Crippen molar-refractivity contribution < 1.29 is 4.79 Å². The Bertz CT molecular complexity index is 577. The molecule has 0 bridgehead atoms. The maximum Gasteiger partial charge on any atom is 0.176 e. The third kappa shape index (κ3) is 2.74. The number of carbonyl (C=O) groups excluding carboxylic acids is 1. The molecule has 2 aromatic rings. The van der Waals surface area contributed by atoms with Crippen LogP contribution >= 0.6 is 0 Å². The van der Waals surface area contributed by atoms with E-state index in [1.165, 1.54) is 11.1 Å². The molecule has 0 saturated heterocycles. The molecular formula is C17H17NO. The van der Waals surface area contributed by atoms with E-state index in [0.717, 1.165) is 25.1 Å². The van der Waals surface area contributed by atoms with Crippen molar-refractivity contribution in [3.63, 3.8) is 0 Å². The normalized spacial score (nSPS) is 14.9. The molecule has 1 aliphatic rings. The number of ketones is 1. The summed E-state index contributed by atoms with van der Waals surface area (Å²) in [6.07, 6.45) is 1.04. The van der Waals surface area contributed by atoms with Gasteiger partial charge in [0.05, 0.1) is 6.54 Å². The fourth-order valence-corrected chi connectivity index (χ4v) is 2.61. The van der Waals surface area contributed by atoms with Gasteiger partial charge in [0, 0.05) is 18.7 Å². The van der Waals surface area contributed by atoms with Crippen molar-refractivity contribution in [2.24, 2.45) is 0 Å². The molecule has 1 heterocycles. The van der Waals surface area contributed by atoms with E-state index in [1.807, 2.05) is 30.3 Å². The van der Waals surface area contributed by atoms with Gasteiger partial charge in [0.15, 0.2) is 5.78 Å². The van der Waals surface area contributed by atoms with Crippen LogP contribution in [0.2, 0.25) is 0 Å². The van der Waals surface area contributed by atoms with Crippen molar-refractivity contribution >= 4 is 5.78 Å². The quantitative estimate of drug-likeness (QED) is 0.782. The second kappa shape index (κ2) is 5.37. The minimum absolute atomic E-state index is 0.208. The van der Waals surface area contributed by atoms with Gasteiger partial charge in [-0.1, -0.05) is 54.6 Å². The number of carbonyl (C=O) groups is 1. The van der Waals surface area contributed by atoms with Crippen LogP contribution < -0.4 is 0 Å². The first-order valence-electron chi connectivity index (χ1n) is 6.70. The summed E-state index contributed by atoms with van der Waals surface area (Å²) >= 11 is 0. The molecule has 3 rings (SSSR count). The van der Waals surface area contributed by atoms with E-state index in [0.29, 0.717) is 6.54 Å². The zero-order valence-corrected chi connectivity index (χ0v) is 10.9. The Morgan fingerprint density at radius 2 is 1.63 bits per heavy atom. The van der Waals surface area contributed by atoms with Gasteiger partial charge in [-0.05, 0) is 17.5 Å². The van der Waals surface area contributed by atoms with E-state index in [9.17, 15) is 4.79 Å². The second-order valence-electron chi connectivity index (χ2n) is 5.02. The second-order valence-corrected chi connectivity index (χ2v) is 5.02. The molecular weight excluding hydrogens is 234 g/mol. The van der Waals surface area contributed by atoms with Crippen LogP contribution in [0, 0.1) is 0 Å². The van der Waals surface area contributed by atoms with E-state index in [-0.39, 0.29) is 5.78 Å². The molecule has 0 N–H and O–H groups in total. The summed E-state index contributed by atoms with van der Waals surface area (Å²) in [6, 6.07) is 18.1. The molecule has 2 aromatic carbocycles. The molecule has 2 heteroatoms. The molecule has 0 amide bonds. The predicted octanol–water partition coefficient (Wildman–Crippen LogP) is 2.93. The van der Waals surface area contributed by atoms with Crippen molar-refractivity contribution in [2.75, 3.05) is 13.1 Å². The first kappa shape index (κ1) is 12.1. The van der Waals surface area contributed by atoms with Gasteiger partial charge < -0.3 is 0 Å². The van der Waals surface area contributed by atoms with Crippen LogP contribution in [0.1, 0.15) is 21.5 Å². The van der Waals surface area contributed by atoms with E-state index in [2.05, 4.69) is 29.2 Å². The average Bonchev–Trinajstić information content (AvgIpc) is 2.48. The first-order chi connectivity index (χ1) is 9.33. The molecule has 0 aliphatic carbocycles. The lowest BCUT2D eigenvalue weighted by atomic mass is 9.99. The molecule has 0 saturated carbocycles. The van der Waals surface area contributed by atoms with Gasteiger partial charge in [0.2, 0.25) is 0 Å². The first-order valence-corrected chi connectivity index (χ1v) is 6.70. The Labute approximate surface area is 113 Å². The summed E-state index contributed by atoms with van der Waals surface area (Å²) < 4.78 is 0. The summed E-state index contributed by atoms with van der Waals surface area (Å²) in [5.74, 6) is 0.208. The SMILES string of the molecule is O=C(CN1CCc2ccccc2C1)c1ccccc1. The van der Waals surface area contributed by atoms with Crippen molar-refractivity contribution in [2.45, 2.75) is 13.0 Å². The highest BCUT2D eigenvalue weighted by Gasteiger charge is 2.18. The molecule has 19 heavy (non-hydrogen) atoms. The maximum atomic E-state index is 12.2. The van der Waals surface area contributed by atoms with E-state index < -0.39 is 0 Å². The number of rotatable bonds is 3. The summed E-state index contributed by atoms with van der Waals surface area (Å²) in [5.41, 5.74) is 3.59. The van der Waals surface area contributed by atoms with Crippen LogP contribution in [0.15, 0.2) is 54.6 Å². The molecule has 0 spiro atoms. The van der Waals surface area contributed by atoms with Crippen LogP contribution in [-0.4, -0.2) is 23.8 Å². The summed E-state index contributed by atoms with van der Waals surface area (Å²) in [5, 5.41) is 0. The molecule has 0 aromatic heterocycles. The van der Waals surface area contributed by atoms with Crippen LogP contribution in [0.5, 0.6) is 0 Å². The number of Topliss-reactive ketones (excluding diaryl/α,β-unsaturated/α-hetero) is 1. The van der Waals surface area contributed by atoms with E-state index in [1.54, 1.807) is 0 Å². The predicted molar refractivity (Wildman–Crippen MR) is 76.2 cm³/mol. The van der Waals surface area contributed by atoms with Crippen LogP contribution in [0.3, 0.4) is 0 Å². The number of benzene rings is 2. The molecule has 0 unspecified atom stereocenters. The van der Waals surface area contributed by atoms with Crippen molar-refractivity contribution in [3.05, 3.63) is 71.3 Å². The van der Waals surface area contributed by atoms with Gasteiger partial charge in [0.25, 0.3) is 0 Å². The van der Waals surface area contributed by atoms with Crippen LogP contribution in [0.4, 0.5) is 0 Å². The van der Waals surface area contributed by atoms with Crippen LogP contribution in [0.25, 0.3) is 0 Å². The van der Waals surface area contributed by atoms with Crippen molar-refractivity contribution in [1.29, 1.82) is 0 Å². The fraction of sp³-hybridized carbons (Fsp3) is 0.235. The van der Waals surface area contributed by atoms with Crippen LogP contribution in [-0.2, 0) is 13.0 Å². The number of fused-ring (bicyclic) bond motifs is 1. The Morgan fingerprint density at radius 3 is 2.42 bits per heavy atom. The van der Waals surface area contributed by atoms with Crippen molar-refractivity contribution in [3.8, 4) is 0 Å². The van der Waals surface area contributed by atoms with Gasteiger partial charge in [0.1, 0.15) is 0 Å². The lowest BCUT2D eigenvalue weighted by Crippen LogP contribution is -2.34. The van der Waals surface area contributed by atoms with Gasteiger partial charge in [-0.3, -0.25) is 9.69 Å². The number of nitrogens with zero attached hydrogens (tertiary/aromatic N) is 1. The highest BCUT2D eigenvalue weighted by molar-refractivity contribution is 5.97. The monoisotopic (exact) mass is 251 g/mol. The molecule has 96 valence electrons. The highest BCUT2D eigenvalue weighted by Crippen LogP contribution is 2.18. The molecule has 0 radical (unpaired) electrons. The fourth-order valence-electron chi connectivity index (χ4n) is 2.61. The average molecular weight is 251 g/mol. The Hall–Kier alpha value is -1.93. The Balaban J connectivity index is 1.68. The lowest BCUT2D eigenvalue weighted by Gasteiger charge is -2.28. The smallest absolute Gasteiger partial charge is 0.176 e. The Morgan fingerprint density at radius 1 is 0.947 bits per heavy atom. The minimum Gasteiger partial charge on any atom is -0.293 e. The van der Waals surface area contributed by atoms with Gasteiger partial charge in [-0.15, -0.1) is 0 Å². The number of hydrogen-bond acceptors (Lipinski definition) is 2. The van der Waals surface area contributed by atoms with Gasteiger partial charge >= 0.3 is 0 Å². The van der Waals surface area contributed by atoms with Crippen molar-refractivity contribution in [1.82, 2.24) is 4.90 Å². The molecule has 1 aliphatic heterocycles. The third-order valence-electron chi connectivity index (χ3n) is 3.67. The summed E-state index contributed by atoms with van der Waals surface area (Å²) in [7, 11) is 0. The zero-order chi connectivity index (χ0) is 13.1. The lowest BCUT2D eigenvalue weighted by molar-refractivity contribution is 0.0921. The zero-order valence-electron chi connectivity index (χ0n) is 10.9. The van der Waals surface area contributed by atoms with Gasteiger partial charge in [-0.2, -0.15) is 0 Å². The Kier molecular flexibility index (Phi) is 3.43. The van der Waals surface area contributed by atoms with E-state index >= 15 is 0 Å². The molecule has 2 nitrogen and oxygen atoms in total. The largest absolute Gasteiger partial charge is 0.293 e. The summed E-state index contributed by atoms with van der Waals surface area (Å²) in [6.45, 7) is 2.36. The maximum absolute atomic E-state index is 12.2. The minimum atomic E-state index is 0.208. The standard InChI is InChI=1S/C17H17NO/c19-17(15-7-2-1-3-8-15)13-18-11-10-14-6-4-5-9-16(14)12-18/h1-9H,10-13H2. The third-order valence-corrected chi connectivity index (χ3v) is 3.67. The topological polar surface area (TPSA) is 20.3 Å². The number of hydrogen-bond donors (Lipinski definition) is 0.